The Bertz CT molecular complexity index is 1760. The highest BCUT2D eigenvalue weighted by Crippen LogP contribution is 2.66. The Hall–Kier alpha value is -5.29. The molecule has 3 aliphatic heterocycles. The Morgan fingerprint density at radius 3 is 2.15 bits per heavy atom. The largest absolute Gasteiger partial charge is 0.508 e. The summed E-state index contributed by atoms with van der Waals surface area (Å²) in [7, 11) is 0. The van der Waals surface area contributed by atoms with Gasteiger partial charge in [0.1, 0.15) is 52.5 Å². The van der Waals surface area contributed by atoms with Crippen LogP contribution in [0.4, 0.5) is 0 Å². The van der Waals surface area contributed by atoms with E-state index in [1.807, 2.05) is 0 Å². The highest BCUT2D eigenvalue weighted by atomic mass is 16.6. The van der Waals surface area contributed by atoms with Crippen molar-refractivity contribution in [1.82, 2.24) is 0 Å². The number of aliphatic hydroxyl groups excluding tert-OH is 1. The summed E-state index contributed by atoms with van der Waals surface area (Å²) in [4.78, 5) is 14.0. The molecule has 0 radical (unpaired) electrons. The van der Waals surface area contributed by atoms with Gasteiger partial charge in [-0.1, -0.05) is 18.2 Å². The van der Waals surface area contributed by atoms with Crippen LogP contribution in [0.15, 0.2) is 60.7 Å². The van der Waals surface area contributed by atoms with Gasteiger partial charge in [-0.2, -0.15) is 0 Å². The van der Waals surface area contributed by atoms with E-state index in [0.29, 0.717) is 11.1 Å². The van der Waals surface area contributed by atoms with E-state index < -0.39 is 41.2 Å². The van der Waals surface area contributed by atoms with Crippen LogP contribution in [-0.4, -0.2) is 47.8 Å². The number of aliphatic hydroxyl groups is 1. The Balaban J connectivity index is 1.50. The van der Waals surface area contributed by atoms with Crippen LogP contribution < -0.4 is 14.2 Å². The molecule has 0 unspecified atom stereocenters. The van der Waals surface area contributed by atoms with Crippen LogP contribution in [0.1, 0.15) is 40.0 Å². The fraction of sp³-hybridized carbons (Fsp3) is 0.167. The van der Waals surface area contributed by atoms with Crippen LogP contribution in [0.3, 0.4) is 0 Å². The summed E-state index contributed by atoms with van der Waals surface area (Å²) in [6.45, 7) is 0. The lowest BCUT2D eigenvalue weighted by molar-refractivity contribution is -0.139. The number of fused-ring (bicyclic) bond motifs is 6. The highest BCUT2D eigenvalue weighted by molar-refractivity contribution is 6.00. The third-order valence-electron chi connectivity index (χ3n) is 7.87. The Morgan fingerprint density at radius 2 is 1.41 bits per heavy atom. The molecule has 4 aromatic carbocycles. The zero-order valence-corrected chi connectivity index (χ0v) is 21.0. The first-order chi connectivity index (χ1) is 19.6. The van der Waals surface area contributed by atoms with Crippen molar-refractivity contribution in [3.8, 4) is 51.7 Å². The number of phenolic OH excluding ortho intramolecular Hbond substituents is 6. The average molecular weight is 558 g/mol. The van der Waals surface area contributed by atoms with Gasteiger partial charge in [-0.05, 0) is 35.4 Å². The van der Waals surface area contributed by atoms with Crippen molar-refractivity contribution < 1.29 is 54.8 Å². The van der Waals surface area contributed by atoms with E-state index in [0.717, 1.165) is 6.07 Å². The molecule has 7 N–H and O–H groups in total. The van der Waals surface area contributed by atoms with Gasteiger partial charge in [-0.15, -0.1) is 0 Å². The van der Waals surface area contributed by atoms with Crippen molar-refractivity contribution in [2.45, 2.75) is 30.1 Å². The van der Waals surface area contributed by atoms with E-state index in [-0.39, 0.29) is 63.4 Å². The minimum absolute atomic E-state index is 0.00131. The van der Waals surface area contributed by atoms with Crippen molar-refractivity contribution in [1.29, 1.82) is 0 Å². The lowest BCUT2D eigenvalue weighted by atomic mass is 9.69. The summed E-state index contributed by atoms with van der Waals surface area (Å²) in [6, 6.07) is 13.4. The van der Waals surface area contributed by atoms with E-state index in [9.17, 15) is 40.5 Å². The van der Waals surface area contributed by atoms with Gasteiger partial charge in [-0.25, -0.2) is 0 Å². The third-order valence-corrected chi connectivity index (χ3v) is 7.87. The zero-order valence-electron chi connectivity index (χ0n) is 21.0. The molecule has 0 aromatic heterocycles. The SMILES string of the molecule is O=C1Oc2cc(O)c3c(c2[C@]12c1c(O)cc(O)cc1O[C@@H]2c1ccc(O)cc1)O[C@H](c1ccc(O)c(O)c1)[C@H](O)C3. The number of benzene rings is 4. The molecule has 4 atom stereocenters. The smallest absolute Gasteiger partial charge is 0.331 e. The van der Waals surface area contributed by atoms with Gasteiger partial charge < -0.3 is 50.0 Å². The second-order valence-corrected chi connectivity index (χ2v) is 10.3. The van der Waals surface area contributed by atoms with Crippen molar-refractivity contribution in [3.05, 3.63) is 88.5 Å². The van der Waals surface area contributed by atoms with Crippen LogP contribution in [-0.2, 0) is 16.6 Å². The molecule has 4 aromatic rings. The number of ether oxygens (including phenoxy) is 3. The fourth-order valence-corrected chi connectivity index (χ4v) is 6.11. The van der Waals surface area contributed by atoms with Gasteiger partial charge in [0.25, 0.3) is 0 Å². The van der Waals surface area contributed by atoms with Crippen molar-refractivity contribution in [2.24, 2.45) is 0 Å². The minimum Gasteiger partial charge on any atom is -0.508 e. The first kappa shape index (κ1) is 24.7. The molecule has 208 valence electrons. The lowest BCUT2D eigenvalue weighted by Crippen LogP contribution is -2.40. The molecule has 11 nitrogen and oxygen atoms in total. The van der Waals surface area contributed by atoms with E-state index in [1.165, 1.54) is 54.6 Å². The molecule has 3 aliphatic rings. The molecular formula is C30H22O11. The second-order valence-electron chi connectivity index (χ2n) is 10.3. The topological polar surface area (TPSA) is 186 Å². The molecule has 0 fully saturated rings. The zero-order chi connectivity index (χ0) is 28.8. The van der Waals surface area contributed by atoms with E-state index in [2.05, 4.69) is 0 Å². The first-order valence-electron chi connectivity index (χ1n) is 12.6. The summed E-state index contributed by atoms with van der Waals surface area (Å²) in [5.41, 5.74) is -0.890. The number of hydrogen-bond donors (Lipinski definition) is 7. The normalized spacial score (nSPS) is 23.7. The molecule has 3 heterocycles. The summed E-state index contributed by atoms with van der Waals surface area (Å²) in [5, 5.41) is 73.0. The van der Waals surface area contributed by atoms with Crippen LogP contribution in [0.25, 0.3) is 0 Å². The number of rotatable bonds is 2. The molecular weight excluding hydrogens is 536 g/mol. The maximum atomic E-state index is 14.0. The van der Waals surface area contributed by atoms with Gasteiger partial charge in [0.2, 0.25) is 0 Å². The predicted molar refractivity (Wildman–Crippen MR) is 139 cm³/mol. The maximum Gasteiger partial charge on any atom is 0.331 e. The Kier molecular flexibility index (Phi) is 5.04. The van der Waals surface area contributed by atoms with E-state index in [1.54, 1.807) is 0 Å². The average Bonchev–Trinajstić information content (AvgIpc) is 3.41. The third kappa shape index (κ3) is 3.32. The van der Waals surface area contributed by atoms with Gasteiger partial charge in [-0.3, -0.25) is 4.79 Å². The van der Waals surface area contributed by atoms with Crippen molar-refractivity contribution >= 4 is 5.97 Å². The standard InChI is InChI=1S/C30H22O11/c31-14-4-1-12(2-5-14)28-30(24-20(36)8-15(32)9-22(24)39-28)25-23(40-29(30)38)11-18(34)16-10-21(37)26(41-27(16)25)13-3-6-17(33)19(35)7-13/h1-9,11,21,26,28,31-37H,10H2/t21-,26-,28-,30+/m1/s1. The summed E-state index contributed by atoms with van der Waals surface area (Å²) in [6.07, 6.45) is -3.60. The maximum absolute atomic E-state index is 14.0. The number of aromatic hydroxyl groups is 6. The number of esters is 1. The molecule has 41 heavy (non-hydrogen) atoms. The molecule has 0 aliphatic carbocycles. The van der Waals surface area contributed by atoms with Gasteiger partial charge >= 0.3 is 5.97 Å². The lowest BCUT2D eigenvalue weighted by Gasteiger charge is -2.35. The highest BCUT2D eigenvalue weighted by Gasteiger charge is 2.66. The summed E-state index contributed by atoms with van der Waals surface area (Å²) >= 11 is 0. The van der Waals surface area contributed by atoms with Gasteiger partial charge in [0.05, 0.1) is 17.2 Å². The Morgan fingerprint density at radius 1 is 0.683 bits per heavy atom. The number of carbonyl (C=O) groups excluding carboxylic acids is 1. The molecule has 11 heteroatoms. The molecule has 0 bridgehead atoms. The molecule has 1 spiro atoms. The monoisotopic (exact) mass is 558 g/mol. The van der Waals surface area contributed by atoms with Crippen LogP contribution in [0.2, 0.25) is 0 Å². The van der Waals surface area contributed by atoms with E-state index in [4.69, 9.17) is 14.2 Å². The fourth-order valence-electron chi connectivity index (χ4n) is 6.11. The van der Waals surface area contributed by atoms with Crippen molar-refractivity contribution in [2.75, 3.05) is 0 Å². The van der Waals surface area contributed by atoms with Crippen LogP contribution in [0, 0.1) is 0 Å². The van der Waals surface area contributed by atoms with Gasteiger partial charge in [0.15, 0.2) is 16.9 Å². The molecule has 0 amide bonds. The molecule has 0 saturated carbocycles. The first-order valence-corrected chi connectivity index (χ1v) is 12.6. The van der Waals surface area contributed by atoms with Crippen LogP contribution in [0.5, 0.6) is 51.7 Å². The molecule has 0 saturated heterocycles. The quantitative estimate of drug-likeness (QED) is 0.109. The van der Waals surface area contributed by atoms with Gasteiger partial charge in [0, 0.05) is 30.2 Å². The molecule has 7 rings (SSSR count). The predicted octanol–water partition coefficient (Wildman–Crippen LogP) is 3.30. The van der Waals surface area contributed by atoms with Crippen molar-refractivity contribution in [3.63, 3.8) is 0 Å². The number of hydrogen-bond acceptors (Lipinski definition) is 11. The van der Waals surface area contributed by atoms with E-state index >= 15 is 0 Å². The van der Waals surface area contributed by atoms with Crippen LogP contribution >= 0.6 is 0 Å². The summed E-state index contributed by atoms with van der Waals surface area (Å²) < 4.78 is 18.2. The Labute approximate surface area is 231 Å². The summed E-state index contributed by atoms with van der Waals surface area (Å²) in [5.74, 6) is -2.82. The number of phenols is 6. The minimum atomic E-state index is -1.90. The number of carbonyl (C=O) groups is 1. The second kappa shape index (κ2) is 8.35.